The van der Waals surface area contributed by atoms with Crippen molar-refractivity contribution in [1.82, 2.24) is 9.97 Å². The number of nitrogens with two attached hydrogens (primary N) is 1. The Balaban J connectivity index is 2.42. The van der Waals surface area contributed by atoms with Gasteiger partial charge in [0, 0.05) is 12.1 Å². The summed E-state index contributed by atoms with van der Waals surface area (Å²) in [5.74, 6) is 0.494. The number of aromatic nitrogens is 2. The van der Waals surface area contributed by atoms with E-state index in [1.54, 1.807) is 0 Å². The van der Waals surface area contributed by atoms with Crippen LogP contribution in [0, 0.1) is 5.82 Å². The molecular formula is C12H14FN3O2. The fourth-order valence-electron chi connectivity index (χ4n) is 1.65. The molecule has 0 amide bonds. The average Bonchev–Trinajstić information content (AvgIpc) is 2.87. The number of hydrogen-bond donors (Lipinski definition) is 3. The first-order valence-corrected chi connectivity index (χ1v) is 5.42. The van der Waals surface area contributed by atoms with Gasteiger partial charge in [-0.25, -0.2) is 9.37 Å². The molecule has 6 heteroatoms. The minimum absolute atomic E-state index is 0.0627. The fraction of sp³-hybridized carbons (Fsp3) is 0.250. The number of nitrogens with one attached hydrogen (secondary N) is 1. The largest absolute Gasteiger partial charge is 0.496 e. The Labute approximate surface area is 103 Å². The number of H-pyrrole nitrogens is 1. The lowest BCUT2D eigenvalue weighted by molar-refractivity contribution is 0.177. The molecule has 1 atom stereocenters. The Morgan fingerprint density at radius 2 is 2.33 bits per heavy atom. The number of imidazole rings is 1. The van der Waals surface area contributed by atoms with Crippen LogP contribution in [0.25, 0.3) is 11.3 Å². The number of nitrogens with zero attached hydrogens (tertiary/aromatic N) is 1. The maximum Gasteiger partial charge on any atom is 0.136 e. The molecular weight excluding hydrogens is 237 g/mol. The first-order valence-electron chi connectivity index (χ1n) is 5.42. The summed E-state index contributed by atoms with van der Waals surface area (Å²) >= 11 is 0. The Kier molecular flexibility index (Phi) is 3.59. The molecule has 0 aliphatic carbocycles. The van der Waals surface area contributed by atoms with Crippen molar-refractivity contribution in [2.24, 2.45) is 5.73 Å². The minimum atomic E-state index is -0.863. The number of halogens is 1. The molecule has 1 aromatic heterocycles. The molecule has 0 spiro atoms. The van der Waals surface area contributed by atoms with Crippen molar-refractivity contribution in [3.63, 3.8) is 0 Å². The van der Waals surface area contributed by atoms with E-state index < -0.39 is 6.10 Å². The van der Waals surface area contributed by atoms with Crippen LogP contribution in [-0.2, 0) is 0 Å². The van der Waals surface area contributed by atoms with Crippen LogP contribution in [0.15, 0.2) is 24.4 Å². The van der Waals surface area contributed by atoms with Crippen molar-refractivity contribution in [2.75, 3.05) is 13.7 Å². The fourth-order valence-corrected chi connectivity index (χ4v) is 1.65. The molecule has 5 nitrogen and oxygen atoms in total. The Morgan fingerprint density at radius 3 is 3.00 bits per heavy atom. The summed E-state index contributed by atoms with van der Waals surface area (Å²) in [5.41, 5.74) is 6.44. The maximum atomic E-state index is 13.2. The highest BCUT2D eigenvalue weighted by atomic mass is 19.1. The third kappa shape index (κ3) is 2.34. The Hall–Kier alpha value is -1.92. The lowest BCUT2D eigenvalue weighted by atomic mass is 10.1. The van der Waals surface area contributed by atoms with Crippen molar-refractivity contribution in [3.8, 4) is 17.0 Å². The molecule has 0 aliphatic heterocycles. The van der Waals surface area contributed by atoms with E-state index in [4.69, 9.17) is 10.5 Å². The topological polar surface area (TPSA) is 84.2 Å². The van der Waals surface area contributed by atoms with Gasteiger partial charge in [-0.05, 0) is 18.2 Å². The van der Waals surface area contributed by atoms with E-state index in [1.165, 1.54) is 31.5 Å². The summed E-state index contributed by atoms with van der Waals surface area (Å²) in [7, 11) is 1.50. The molecule has 1 unspecified atom stereocenters. The van der Waals surface area contributed by atoms with E-state index in [9.17, 15) is 9.50 Å². The highest BCUT2D eigenvalue weighted by Gasteiger charge is 2.13. The second-order valence-electron chi connectivity index (χ2n) is 3.78. The van der Waals surface area contributed by atoms with Crippen LogP contribution in [0.2, 0.25) is 0 Å². The molecule has 0 aliphatic rings. The minimum Gasteiger partial charge on any atom is -0.496 e. The molecule has 2 rings (SSSR count). The van der Waals surface area contributed by atoms with Crippen molar-refractivity contribution >= 4 is 0 Å². The number of benzene rings is 1. The number of hydrogen-bond acceptors (Lipinski definition) is 4. The summed E-state index contributed by atoms with van der Waals surface area (Å²) in [4.78, 5) is 6.90. The van der Waals surface area contributed by atoms with Crippen LogP contribution in [0.5, 0.6) is 5.75 Å². The van der Waals surface area contributed by atoms with E-state index in [-0.39, 0.29) is 12.4 Å². The summed E-state index contributed by atoms with van der Waals surface area (Å²) in [6.07, 6.45) is 0.643. The van der Waals surface area contributed by atoms with Gasteiger partial charge in [-0.1, -0.05) is 0 Å². The van der Waals surface area contributed by atoms with Crippen molar-refractivity contribution < 1.29 is 14.2 Å². The van der Waals surface area contributed by atoms with Gasteiger partial charge in [-0.15, -0.1) is 0 Å². The highest BCUT2D eigenvalue weighted by molar-refractivity contribution is 5.66. The van der Waals surface area contributed by atoms with Gasteiger partial charge in [0.2, 0.25) is 0 Å². The van der Waals surface area contributed by atoms with E-state index >= 15 is 0 Å². The van der Waals surface area contributed by atoms with Crippen molar-refractivity contribution in [2.45, 2.75) is 6.10 Å². The normalized spacial score (nSPS) is 12.4. The molecule has 0 saturated heterocycles. The van der Waals surface area contributed by atoms with Gasteiger partial charge in [0.1, 0.15) is 23.5 Å². The first kappa shape index (κ1) is 12.5. The van der Waals surface area contributed by atoms with Crippen LogP contribution in [0.1, 0.15) is 11.9 Å². The second kappa shape index (κ2) is 5.16. The summed E-state index contributed by atoms with van der Waals surface area (Å²) in [5, 5.41) is 9.55. The average molecular weight is 251 g/mol. The molecule has 0 saturated carbocycles. The van der Waals surface area contributed by atoms with Crippen LogP contribution in [-0.4, -0.2) is 28.7 Å². The molecule has 0 radical (unpaired) electrons. The Morgan fingerprint density at radius 1 is 1.56 bits per heavy atom. The number of rotatable bonds is 4. The van der Waals surface area contributed by atoms with Crippen molar-refractivity contribution in [1.29, 1.82) is 0 Å². The van der Waals surface area contributed by atoms with Gasteiger partial charge in [0.25, 0.3) is 0 Å². The van der Waals surface area contributed by atoms with Gasteiger partial charge in [-0.3, -0.25) is 0 Å². The molecule has 0 fully saturated rings. The number of ether oxygens (including phenoxy) is 1. The third-order valence-corrected chi connectivity index (χ3v) is 2.59. The zero-order valence-corrected chi connectivity index (χ0v) is 9.85. The predicted octanol–water partition coefficient (Wildman–Crippen LogP) is 1.22. The van der Waals surface area contributed by atoms with Gasteiger partial charge in [-0.2, -0.15) is 0 Å². The van der Waals surface area contributed by atoms with Gasteiger partial charge in [0.15, 0.2) is 0 Å². The molecule has 4 N–H and O–H groups in total. The zero-order valence-electron chi connectivity index (χ0n) is 9.85. The standard InChI is InChI=1S/C12H14FN3O2/c1-18-11-3-2-7(13)4-8(11)9-6-15-12(16-9)10(17)5-14/h2-4,6,10,17H,5,14H2,1H3,(H,15,16). The predicted molar refractivity (Wildman–Crippen MR) is 64.5 cm³/mol. The zero-order chi connectivity index (χ0) is 13.1. The maximum absolute atomic E-state index is 13.2. The number of aliphatic hydroxyl groups is 1. The highest BCUT2D eigenvalue weighted by Crippen LogP contribution is 2.29. The monoisotopic (exact) mass is 251 g/mol. The van der Waals surface area contributed by atoms with Crippen molar-refractivity contribution in [3.05, 3.63) is 36.0 Å². The van der Waals surface area contributed by atoms with Crippen LogP contribution >= 0.6 is 0 Å². The molecule has 0 bridgehead atoms. The molecule has 1 heterocycles. The lowest BCUT2D eigenvalue weighted by Gasteiger charge is -2.07. The summed E-state index contributed by atoms with van der Waals surface area (Å²) < 4.78 is 18.4. The first-order chi connectivity index (χ1) is 8.65. The Bertz CT molecular complexity index is 542. The van der Waals surface area contributed by atoms with E-state index in [1.807, 2.05) is 0 Å². The SMILES string of the molecule is COc1ccc(F)cc1-c1cnc(C(O)CN)[nH]1. The number of methoxy groups -OCH3 is 1. The van der Waals surface area contributed by atoms with Gasteiger partial charge < -0.3 is 20.6 Å². The molecule has 96 valence electrons. The van der Waals surface area contributed by atoms with Crippen LogP contribution in [0.3, 0.4) is 0 Å². The third-order valence-electron chi connectivity index (χ3n) is 2.59. The molecule has 18 heavy (non-hydrogen) atoms. The van der Waals surface area contributed by atoms with E-state index in [0.29, 0.717) is 22.8 Å². The lowest BCUT2D eigenvalue weighted by Crippen LogP contribution is -2.12. The second-order valence-corrected chi connectivity index (χ2v) is 3.78. The summed E-state index contributed by atoms with van der Waals surface area (Å²) in [6.45, 7) is 0.0627. The number of aliphatic hydroxyl groups excluding tert-OH is 1. The van der Waals surface area contributed by atoms with Crippen LogP contribution in [0.4, 0.5) is 4.39 Å². The van der Waals surface area contributed by atoms with Gasteiger partial charge in [0.05, 0.1) is 19.0 Å². The summed E-state index contributed by atoms with van der Waals surface area (Å²) in [6, 6.07) is 4.18. The number of aromatic amines is 1. The smallest absolute Gasteiger partial charge is 0.136 e. The molecule has 2 aromatic rings. The molecule has 1 aromatic carbocycles. The van der Waals surface area contributed by atoms with E-state index in [0.717, 1.165) is 0 Å². The van der Waals surface area contributed by atoms with Crippen LogP contribution < -0.4 is 10.5 Å². The van der Waals surface area contributed by atoms with Gasteiger partial charge >= 0.3 is 0 Å². The van der Waals surface area contributed by atoms with E-state index in [2.05, 4.69) is 9.97 Å². The quantitative estimate of drug-likeness (QED) is 0.762.